The van der Waals surface area contributed by atoms with Crippen LogP contribution in [0.1, 0.15) is 38.2 Å². The van der Waals surface area contributed by atoms with E-state index >= 15 is 0 Å². The molecule has 7 nitrogen and oxygen atoms in total. The van der Waals surface area contributed by atoms with E-state index in [1.165, 1.54) is 0 Å². The molecule has 0 atom stereocenters. The first-order valence-corrected chi connectivity index (χ1v) is 10.2. The van der Waals surface area contributed by atoms with Gasteiger partial charge < -0.3 is 25.4 Å². The van der Waals surface area contributed by atoms with Crippen molar-refractivity contribution in [3.8, 4) is 0 Å². The summed E-state index contributed by atoms with van der Waals surface area (Å²) in [4.78, 5) is 16.7. The Morgan fingerprint density at radius 3 is 2.72 bits per heavy atom. The van der Waals surface area contributed by atoms with Gasteiger partial charge in [0.1, 0.15) is 0 Å². The Bertz CT molecular complexity index is 624. The smallest absolute Gasteiger partial charge is 0.227 e. The van der Waals surface area contributed by atoms with Crippen LogP contribution in [0.25, 0.3) is 0 Å². The fraction of sp³-hybridized carbons (Fsp3) is 0.619. The van der Waals surface area contributed by atoms with Crippen LogP contribution in [0.5, 0.6) is 0 Å². The summed E-state index contributed by atoms with van der Waals surface area (Å²) in [6, 6.07) is 7.90. The number of hydrogen-bond donors (Lipinski definition) is 3. The molecule has 0 aromatic heterocycles. The molecule has 3 N–H and O–H groups in total. The van der Waals surface area contributed by atoms with Crippen LogP contribution < -0.4 is 16.0 Å². The van der Waals surface area contributed by atoms with E-state index in [4.69, 9.17) is 9.47 Å². The molecule has 1 aromatic rings. The number of amides is 1. The third-order valence-corrected chi connectivity index (χ3v) is 4.62. The van der Waals surface area contributed by atoms with Gasteiger partial charge in [-0.1, -0.05) is 18.6 Å². The third kappa shape index (κ3) is 10.3. The number of benzene rings is 1. The molecule has 0 unspecified atom stereocenters. The Morgan fingerprint density at radius 2 is 2.03 bits per heavy atom. The van der Waals surface area contributed by atoms with E-state index < -0.39 is 0 Å². The van der Waals surface area contributed by atoms with Gasteiger partial charge in [-0.15, -0.1) is 24.0 Å². The normalized spacial score (nSPS) is 13.9. The first-order chi connectivity index (χ1) is 13.7. The second kappa shape index (κ2) is 15.4. The monoisotopic (exact) mass is 518 g/mol. The van der Waals surface area contributed by atoms with Crippen molar-refractivity contribution in [3.63, 3.8) is 0 Å². The third-order valence-electron chi connectivity index (χ3n) is 4.62. The molecule has 1 aliphatic carbocycles. The number of carbonyl (C=O) groups excluding carboxylic acids is 1. The quantitative estimate of drug-likeness (QED) is 0.171. The fourth-order valence-corrected chi connectivity index (χ4v) is 2.80. The lowest BCUT2D eigenvalue weighted by Gasteiger charge is -2.24. The Morgan fingerprint density at radius 1 is 1.21 bits per heavy atom. The van der Waals surface area contributed by atoms with Crippen molar-refractivity contribution in [3.05, 3.63) is 29.8 Å². The van der Waals surface area contributed by atoms with E-state index in [-0.39, 0.29) is 35.8 Å². The summed E-state index contributed by atoms with van der Waals surface area (Å²) >= 11 is 0. The standard InChI is InChI=1S/C21H34N4O3.HI/c1-3-22-21(23-11-6-12-28-14-13-27-2)24-16-17-7-4-10-19(15-17)25-20(26)18-8-5-9-18;/h4,7,10,15,18H,3,5-6,8-9,11-14,16H2,1-2H3,(H,25,26)(H2,22,23,24);1H. The van der Waals surface area contributed by atoms with E-state index in [0.717, 1.165) is 56.0 Å². The molecule has 0 bridgehead atoms. The van der Waals surface area contributed by atoms with Crippen molar-refractivity contribution in [2.75, 3.05) is 45.3 Å². The number of halogens is 1. The molecule has 2 rings (SSSR count). The van der Waals surface area contributed by atoms with Crippen molar-refractivity contribution >= 4 is 41.5 Å². The molecule has 29 heavy (non-hydrogen) atoms. The number of methoxy groups -OCH3 is 1. The van der Waals surface area contributed by atoms with Crippen LogP contribution in [-0.2, 0) is 20.8 Å². The molecule has 1 aromatic carbocycles. The predicted molar refractivity (Wildman–Crippen MR) is 128 cm³/mol. The SMILES string of the molecule is CCNC(=NCc1cccc(NC(=O)C2CCC2)c1)NCCCOCCOC.I. The molecular weight excluding hydrogens is 483 g/mol. The van der Waals surface area contributed by atoms with Crippen LogP contribution in [0, 0.1) is 5.92 Å². The molecule has 8 heteroatoms. The van der Waals surface area contributed by atoms with Crippen molar-refractivity contribution in [2.24, 2.45) is 10.9 Å². The van der Waals surface area contributed by atoms with Gasteiger partial charge in [-0.05, 0) is 43.9 Å². The number of nitrogens with zero attached hydrogens (tertiary/aromatic N) is 1. The van der Waals surface area contributed by atoms with Crippen molar-refractivity contribution < 1.29 is 14.3 Å². The maximum Gasteiger partial charge on any atom is 0.227 e. The summed E-state index contributed by atoms with van der Waals surface area (Å²) in [6.45, 7) is 6.12. The lowest BCUT2D eigenvalue weighted by molar-refractivity contribution is -0.122. The van der Waals surface area contributed by atoms with Crippen LogP contribution in [0.15, 0.2) is 29.3 Å². The summed E-state index contributed by atoms with van der Waals surface area (Å²) in [5.41, 5.74) is 1.90. The minimum absolute atomic E-state index is 0. The average molecular weight is 518 g/mol. The van der Waals surface area contributed by atoms with Crippen LogP contribution in [0.2, 0.25) is 0 Å². The number of aliphatic imine (C=N–C) groups is 1. The van der Waals surface area contributed by atoms with Gasteiger partial charge in [0.25, 0.3) is 0 Å². The molecular formula is C21H35IN4O3. The zero-order valence-electron chi connectivity index (χ0n) is 17.5. The van der Waals surface area contributed by atoms with Gasteiger partial charge in [0, 0.05) is 38.4 Å². The first-order valence-electron chi connectivity index (χ1n) is 10.2. The molecule has 1 fully saturated rings. The van der Waals surface area contributed by atoms with Crippen molar-refractivity contribution in [2.45, 2.75) is 39.2 Å². The van der Waals surface area contributed by atoms with Crippen molar-refractivity contribution in [1.82, 2.24) is 10.6 Å². The van der Waals surface area contributed by atoms with Crippen LogP contribution in [0.4, 0.5) is 5.69 Å². The van der Waals surface area contributed by atoms with Crippen molar-refractivity contribution in [1.29, 1.82) is 0 Å². The molecule has 0 heterocycles. The van der Waals surface area contributed by atoms with Gasteiger partial charge in [0.15, 0.2) is 5.96 Å². The minimum atomic E-state index is 0. The lowest BCUT2D eigenvalue weighted by atomic mass is 9.85. The number of anilines is 1. The number of nitrogens with one attached hydrogen (secondary N) is 3. The molecule has 1 aliphatic rings. The topological polar surface area (TPSA) is 84.0 Å². The number of guanidine groups is 1. The molecule has 0 radical (unpaired) electrons. The molecule has 164 valence electrons. The summed E-state index contributed by atoms with van der Waals surface area (Å²) in [6.07, 6.45) is 4.07. The van der Waals surface area contributed by atoms with Crippen LogP contribution >= 0.6 is 24.0 Å². The summed E-state index contributed by atoms with van der Waals surface area (Å²) in [5.74, 6) is 1.10. The van der Waals surface area contributed by atoms with Crippen LogP contribution in [-0.4, -0.2) is 51.9 Å². The lowest BCUT2D eigenvalue weighted by Crippen LogP contribution is -2.38. The Kier molecular flexibility index (Phi) is 13.7. The number of hydrogen-bond acceptors (Lipinski definition) is 4. The molecule has 0 aliphatic heterocycles. The fourth-order valence-electron chi connectivity index (χ4n) is 2.80. The summed E-state index contributed by atoms with van der Waals surface area (Å²) in [7, 11) is 1.67. The highest BCUT2D eigenvalue weighted by molar-refractivity contribution is 14.0. The zero-order valence-corrected chi connectivity index (χ0v) is 19.9. The predicted octanol–water partition coefficient (Wildman–Crippen LogP) is 3.15. The van der Waals surface area contributed by atoms with Gasteiger partial charge in [-0.2, -0.15) is 0 Å². The van der Waals surface area contributed by atoms with E-state index in [1.807, 2.05) is 31.2 Å². The van der Waals surface area contributed by atoms with E-state index in [2.05, 4.69) is 20.9 Å². The number of rotatable bonds is 12. The molecule has 0 saturated heterocycles. The molecule has 1 saturated carbocycles. The van der Waals surface area contributed by atoms with Gasteiger partial charge in [-0.3, -0.25) is 4.79 Å². The Labute approximate surface area is 191 Å². The maximum atomic E-state index is 12.1. The second-order valence-corrected chi connectivity index (χ2v) is 6.90. The highest BCUT2D eigenvalue weighted by Crippen LogP contribution is 2.27. The van der Waals surface area contributed by atoms with Gasteiger partial charge in [-0.25, -0.2) is 4.99 Å². The number of ether oxygens (including phenoxy) is 2. The van der Waals surface area contributed by atoms with Gasteiger partial charge in [0.05, 0.1) is 19.8 Å². The average Bonchev–Trinajstić information content (AvgIpc) is 2.64. The minimum Gasteiger partial charge on any atom is -0.382 e. The van der Waals surface area contributed by atoms with Gasteiger partial charge in [0.2, 0.25) is 5.91 Å². The second-order valence-electron chi connectivity index (χ2n) is 6.90. The Hall–Kier alpha value is -1.39. The summed E-state index contributed by atoms with van der Waals surface area (Å²) in [5, 5.41) is 9.58. The maximum absolute atomic E-state index is 12.1. The largest absolute Gasteiger partial charge is 0.382 e. The van der Waals surface area contributed by atoms with Gasteiger partial charge >= 0.3 is 0 Å². The zero-order chi connectivity index (χ0) is 20.0. The first kappa shape index (κ1) is 25.6. The highest BCUT2D eigenvalue weighted by Gasteiger charge is 2.25. The Balaban J connectivity index is 0.00000420. The van der Waals surface area contributed by atoms with E-state index in [1.54, 1.807) is 7.11 Å². The van der Waals surface area contributed by atoms with Crippen LogP contribution in [0.3, 0.4) is 0 Å². The summed E-state index contributed by atoms with van der Waals surface area (Å²) < 4.78 is 10.4. The molecule has 0 spiro atoms. The molecule has 1 amide bonds. The number of carbonyl (C=O) groups is 1. The van der Waals surface area contributed by atoms with E-state index in [9.17, 15) is 4.79 Å². The van der Waals surface area contributed by atoms with E-state index in [0.29, 0.717) is 26.4 Å². The highest BCUT2D eigenvalue weighted by atomic mass is 127.